The molecule has 1 saturated heterocycles. The van der Waals surface area contributed by atoms with E-state index in [4.69, 9.17) is 16.3 Å². The Morgan fingerprint density at radius 1 is 1.53 bits per heavy atom. The number of ether oxygens (including phenoxy) is 1. The number of alkyl carbamates (subject to hydrolysis) is 1. The van der Waals surface area contributed by atoms with Crippen molar-refractivity contribution in [2.45, 2.75) is 24.3 Å². The highest BCUT2D eigenvalue weighted by atomic mass is 35.5. The molecule has 0 radical (unpaired) electrons. The Morgan fingerprint density at radius 2 is 2.21 bits per heavy atom. The predicted octanol–water partition coefficient (Wildman–Crippen LogP) is 3.07. The summed E-state index contributed by atoms with van der Waals surface area (Å²) in [6.07, 6.45) is 0.183. The molecule has 1 aliphatic rings. The highest BCUT2D eigenvalue weighted by Gasteiger charge is 2.38. The summed E-state index contributed by atoms with van der Waals surface area (Å²) in [6.45, 7) is 1.83. The first kappa shape index (κ1) is 14.1. The maximum absolute atomic E-state index is 14.2. The van der Waals surface area contributed by atoms with Gasteiger partial charge in [0.1, 0.15) is 5.82 Å². The Bertz CT molecular complexity index is 564. The standard InChI is InChI=1S/C12H11ClFNO3S/c1-3-5-7(19-2)4-6(13)9(14)8(5)10-11(16)15-12(17)18-10/h4,10H,3H2,1-2H3,(H,15,16,17). The third-order valence-electron chi connectivity index (χ3n) is 2.85. The van der Waals surface area contributed by atoms with Crippen molar-refractivity contribution in [2.24, 2.45) is 0 Å². The number of rotatable bonds is 3. The van der Waals surface area contributed by atoms with E-state index < -0.39 is 23.9 Å². The molecule has 1 aromatic carbocycles. The molecule has 1 heterocycles. The van der Waals surface area contributed by atoms with E-state index in [1.807, 2.05) is 18.5 Å². The maximum Gasteiger partial charge on any atom is 0.415 e. The van der Waals surface area contributed by atoms with E-state index in [2.05, 4.69) is 0 Å². The van der Waals surface area contributed by atoms with Crippen LogP contribution in [0.3, 0.4) is 0 Å². The molecule has 1 fully saturated rings. The SMILES string of the molecule is CCc1c(SC)cc(Cl)c(F)c1C1OC(=O)NC1=O. The fourth-order valence-corrected chi connectivity index (χ4v) is 3.04. The van der Waals surface area contributed by atoms with Crippen molar-refractivity contribution in [1.82, 2.24) is 5.32 Å². The zero-order valence-electron chi connectivity index (χ0n) is 10.3. The van der Waals surface area contributed by atoms with E-state index >= 15 is 0 Å². The number of carbonyl (C=O) groups excluding carboxylic acids is 2. The van der Waals surface area contributed by atoms with Crippen LogP contribution < -0.4 is 5.32 Å². The molecule has 19 heavy (non-hydrogen) atoms. The van der Waals surface area contributed by atoms with Gasteiger partial charge in [0.05, 0.1) is 5.02 Å². The fourth-order valence-electron chi connectivity index (χ4n) is 2.03. The summed E-state index contributed by atoms with van der Waals surface area (Å²) in [7, 11) is 0. The number of imide groups is 1. The molecule has 0 spiro atoms. The molecule has 0 aliphatic carbocycles. The number of halogens is 2. The van der Waals surface area contributed by atoms with Crippen molar-refractivity contribution in [3.63, 3.8) is 0 Å². The van der Waals surface area contributed by atoms with Crippen LogP contribution in [0.15, 0.2) is 11.0 Å². The first-order chi connectivity index (χ1) is 8.99. The van der Waals surface area contributed by atoms with Crippen molar-refractivity contribution in [1.29, 1.82) is 0 Å². The largest absolute Gasteiger partial charge is 0.431 e. The first-order valence-electron chi connectivity index (χ1n) is 5.55. The molecule has 1 atom stereocenters. The molecule has 1 aromatic rings. The van der Waals surface area contributed by atoms with Gasteiger partial charge < -0.3 is 4.74 Å². The average molecular weight is 304 g/mol. The third-order valence-corrected chi connectivity index (χ3v) is 3.93. The van der Waals surface area contributed by atoms with Gasteiger partial charge in [-0.3, -0.25) is 10.1 Å². The lowest BCUT2D eigenvalue weighted by atomic mass is 9.99. The van der Waals surface area contributed by atoms with Gasteiger partial charge in [-0.2, -0.15) is 0 Å². The Kier molecular flexibility index (Phi) is 4.01. The van der Waals surface area contributed by atoms with Gasteiger partial charge in [-0.1, -0.05) is 18.5 Å². The van der Waals surface area contributed by atoms with Gasteiger partial charge in [0.2, 0.25) is 6.10 Å². The van der Waals surface area contributed by atoms with E-state index in [0.29, 0.717) is 12.0 Å². The van der Waals surface area contributed by atoms with Gasteiger partial charge >= 0.3 is 6.09 Å². The predicted molar refractivity (Wildman–Crippen MR) is 69.9 cm³/mol. The summed E-state index contributed by atoms with van der Waals surface area (Å²) in [4.78, 5) is 23.5. The summed E-state index contributed by atoms with van der Waals surface area (Å²) < 4.78 is 19.0. The number of carbonyl (C=O) groups is 2. The van der Waals surface area contributed by atoms with Crippen molar-refractivity contribution in [3.05, 3.63) is 28.0 Å². The molecule has 7 heteroatoms. The summed E-state index contributed by atoms with van der Waals surface area (Å²) in [5.41, 5.74) is 0.673. The Morgan fingerprint density at radius 3 is 2.68 bits per heavy atom. The van der Waals surface area contributed by atoms with Gasteiger partial charge in [-0.15, -0.1) is 11.8 Å². The number of cyclic esters (lactones) is 1. The van der Waals surface area contributed by atoms with Crippen LogP contribution in [0.25, 0.3) is 0 Å². The molecule has 1 unspecified atom stereocenters. The average Bonchev–Trinajstić information content (AvgIpc) is 2.70. The lowest BCUT2D eigenvalue weighted by Gasteiger charge is -2.17. The lowest BCUT2D eigenvalue weighted by molar-refractivity contribution is -0.123. The van der Waals surface area contributed by atoms with Crippen LogP contribution >= 0.6 is 23.4 Å². The molecule has 0 aromatic heterocycles. The first-order valence-corrected chi connectivity index (χ1v) is 7.16. The number of amides is 2. The van der Waals surface area contributed by atoms with Crippen LogP contribution in [-0.2, 0) is 16.0 Å². The van der Waals surface area contributed by atoms with Gasteiger partial charge in [-0.25, -0.2) is 9.18 Å². The summed E-state index contributed by atoms with van der Waals surface area (Å²) in [5, 5.41) is 1.89. The third kappa shape index (κ3) is 2.42. The minimum absolute atomic E-state index is 0.0442. The number of hydrogen-bond donors (Lipinski definition) is 1. The molecule has 2 rings (SSSR count). The second-order valence-electron chi connectivity index (χ2n) is 3.90. The van der Waals surface area contributed by atoms with Crippen molar-refractivity contribution < 1.29 is 18.7 Å². The smallest absolute Gasteiger partial charge is 0.415 e. The van der Waals surface area contributed by atoms with Crippen LogP contribution in [0.4, 0.5) is 9.18 Å². The van der Waals surface area contributed by atoms with E-state index in [-0.39, 0.29) is 10.6 Å². The summed E-state index contributed by atoms with van der Waals surface area (Å²) in [6, 6.07) is 1.51. The second-order valence-corrected chi connectivity index (χ2v) is 5.15. The van der Waals surface area contributed by atoms with E-state index in [1.165, 1.54) is 17.8 Å². The Hall–Kier alpha value is -1.27. The number of hydrogen-bond acceptors (Lipinski definition) is 4. The molecular formula is C12H11ClFNO3S. The summed E-state index contributed by atoms with van der Waals surface area (Å²) >= 11 is 7.22. The van der Waals surface area contributed by atoms with Crippen LogP contribution in [0, 0.1) is 5.82 Å². The van der Waals surface area contributed by atoms with Crippen LogP contribution in [0.1, 0.15) is 24.2 Å². The van der Waals surface area contributed by atoms with E-state index in [1.54, 1.807) is 0 Å². The van der Waals surface area contributed by atoms with Gasteiger partial charge in [0, 0.05) is 10.5 Å². The van der Waals surface area contributed by atoms with Crippen molar-refractivity contribution in [2.75, 3.05) is 6.26 Å². The molecule has 0 saturated carbocycles. The lowest BCUT2D eigenvalue weighted by Crippen LogP contribution is -2.21. The van der Waals surface area contributed by atoms with Gasteiger partial charge in [0.15, 0.2) is 0 Å². The normalized spacial score (nSPS) is 18.4. The number of thioether (sulfide) groups is 1. The Labute approximate surface area is 118 Å². The maximum atomic E-state index is 14.2. The minimum atomic E-state index is -1.27. The van der Waals surface area contributed by atoms with Gasteiger partial charge in [0.25, 0.3) is 5.91 Å². The minimum Gasteiger partial charge on any atom is -0.431 e. The zero-order valence-corrected chi connectivity index (χ0v) is 11.8. The second kappa shape index (κ2) is 5.38. The van der Waals surface area contributed by atoms with Crippen LogP contribution in [0.2, 0.25) is 5.02 Å². The fraction of sp³-hybridized carbons (Fsp3) is 0.333. The van der Waals surface area contributed by atoms with E-state index in [0.717, 1.165) is 4.90 Å². The van der Waals surface area contributed by atoms with Crippen LogP contribution in [-0.4, -0.2) is 18.3 Å². The molecular weight excluding hydrogens is 293 g/mol. The molecule has 0 bridgehead atoms. The molecule has 4 nitrogen and oxygen atoms in total. The zero-order chi connectivity index (χ0) is 14.2. The van der Waals surface area contributed by atoms with E-state index in [9.17, 15) is 14.0 Å². The number of benzene rings is 1. The molecule has 1 N–H and O–H groups in total. The molecule has 102 valence electrons. The quantitative estimate of drug-likeness (QED) is 0.872. The topological polar surface area (TPSA) is 55.4 Å². The molecule has 1 aliphatic heterocycles. The Balaban J connectivity index is 2.63. The highest BCUT2D eigenvalue weighted by Crippen LogP contribution is 2.37. The van der Waals surface area contributed by atoms with Gasteiger partial charge in [-0.05, 0) is 24.3 Å². The van der Waals surface area contributed by atoms with Crippen LogP contribution in [0.5, 0.6) is 0 Å². The van der Waals surface area contributed by atoms with Crippen molar-refractivity contribution >= 4 is 35.4 Å². The monoisotopic (exact) mass is 303 g/mol. The summed E-state index contributed by atoms with van der Waals surface area (Å²) in [5.74, 6) is -1.39. The van der Waals surface area contributed by atoms with Crippen molar-refractivity contribution in [3.8, 4) is 0 Å². The highest BCUT2D eigenvalue weighted by molar-refractivity contribution is 7.98. The number of nitrogens with one attached hydrogen (secondary N) is 1. The molecule has 2 amide bonds.